The van der Waals surface area contributed by atoms with E-state index < -0.39 is 0 Å². The molecule has 2 aromatic carbocycles. The van der Waals surface area contributed by atoms with E-state index >= 15 is 0 Å². The van der Waals surface area contributed by atoms with Crippen LogP contribution < -0.4 is 10.6 Å². The average molecular weight is 322 g/mol. The summed E-state index contributed by atoms with van der Waals surface area (Å²) >= 11 is 0. The van der Waals surface area contributed by atoms with Gasteiger partial charge in [0.2, 0.25) is 5.91 Å². The number of amides is 2. The van der Waals surface area contributed by atoms with E-state index in [-0.39, 0.29) is 17.2 Å². The summed E-state index contributed by atoms with van der Waals surface area (Å²) in [6.45, 7) is 1.01. The monoisotopic (exact) mass is 322 g/mol. The Labute approximate surface area is 142 Å². The lowest BCUT2D eigenvalue weighted by molar-refractivity contribution is -0.121. The Bertz CT molecular complexity index is 694. The predicted molar refractivity (Wildman–Crippen MR) is 93.8 cm³/mol. The van der Waals surface area contributed by atoms with E-state index in [1.807, 2.05) is 36.4 Å². The molecule has 1 aliphatic carbocycles. The van der Waals surface area contributed by atoms with E-state index in [0.717, 1.165) is 12.8 Å². The molecule has 1 fully saturated rings. The van der Waals surface area contributed by atoms with Crippen molar-refractivity contribution in [1.82, 2.24) is 10.6 Å². The molecule has 0 heterocycles. The second-order valence-corrected chi connectivity index (χ2v) is 6.30. The lowest BCUT2D eigenvalue weighted by atomic mass is 9.96. The molecule has 3 rings (SSSR count). The summed E-state index contributed by atoms with van der Waals surface area (Å²) in [6.07, 6.45) is 2.52. The zero-order chi connectivity index (χ0) is 16.8. The molecule has 0 aliphatic heterocycles. The summed E-state index contributed by atoms with van der Waals surface area (Å²) in [6, 6.07) is 19.3. The molecule has 2 amide bonds. The number of hydrogen-bond donors (Lipinski definition) is 2. The normalized spacial score (nSPS) is 14.7. The Morgan fingerprint density at radius 2 is 1.50 bits per heavy atom. The van der Waals surface area contributed by atoms with E-state index in [1.165, 1.54) is 5.56 Å². The Balaban J connectivity index is 1.40. The summed E-state index contributed by atoms with van der Waals surface area (Å²) in [4.78, 5) is 23.9. The van der Waals surface area contributed by atoms with Gasteiger partial charge in [0.15, 0.2) is 0 Å². The summed E-state index contributed by atoms with van der Waals surface area (Å²) in [5.41, 5.74) is 2.02. The van der Waals surface area contributed by atoms with Crippen LogP contribution in [0.2, 0.25) is 0 Å². The van der Waals surface area contributed by atoms with E-state index in [1.54, 1.807) is 12.1 Å². The molecular weight excluding hydrogens is 300 g/mol. The number of rotatable bonds is 7. The Kier molecular flexibility index (Phi) is 4.94. The van der Waals surface area contributed by atoms with Crippen LogP contribution in [0.3, 0.4) is 0 Å². The van der Waals surface area contributed by atoms with Gasteiger partial charge >= 0.3 is 0 Å². The molecule has 2 aromatic rings. The van der Waals surface area contributed by atoms with Gasteiger partial charge in [0, 0.05) is 30.5 Å². The SMILES string of the molecule is O=C(CCNC(=O)c1ccccc1)NCC1(c2ccccc2)CC1. The average Bonchev–Trinajstić information content (AvgIpc) is 3.43. The maximum absolute atomic E-state index is 12.0. The van der Waals surface area contributed by atoms with Gasteiger partial charge in [0.05, 0.1) is 0 Å². The highest BCUT2D eigenvalue weighted by Gasteiger charge is 2.44. The van der Waals surface area contributed by atoms with Gasteiger partial charge in [-0.05, 0) is 30.5 Å². The van der Waals surface area contributed by atoms with Gasteiger partial charge in [-0.25, -0.2) is 0 Å². The maximum atomic E-state index is 12.0. The highest BCUT2D eigenvalue weighted by molar-refractivity contribution is 5.94. The van der Waals surface area contributed by atoms with Gasteiger partial charge in [0.1, 0.15) is 0 Å². The van der Waals surface area contributed by atoms with Crippen LogP contribution in [0.15, 0.2) is 60.7 Å². The van der Waals surface area contributed by atoms with Gasteiger partial charge in [0.25, 0.3) is 5.91 Å². The van der Waals surface area contributed by atoms with Gasteiger partial charge < -0.3 is 10.6 Å². The quantitative estimate of drug-likeness (QED) is 0.823. The zero-order valence-electron chi connectivity index (χ0n) is 13.6. The van der Waals surface area contributed by atoms with Crippen LogP contribution in [0, 0.1) is 0 Å². The smallest absolute Gasteiger partial charge is 0.251 e. The molecule has 0 atom stereocenters. The van der Waals surface area contributed by atoms with Crippen molar-refractivity contribution < 1.29 is 9.59 Å². The summed E-state index contributed by atoms with van der Waals surface area (Å²) < 4.78 is 0. The van der Waals surface area contributed by atoms with E-state index in [4.69, 9.17) is 0 Å². The number of benzene rings is 2. The molecule has 0 aromatic heterocycles. The highest BCUT2D eigenvalue weighted by Crippen LogP contribution is 2.47. The molecule has 0 spiro atoms. The number of carbonyl (C=O) groups is 2. The molecule has 4 nitrogen and oxygen atoms in total. The van der Waals surface area contributed by atoms with Gasteiger partial charge in [-0.1, -0.05) is 48.5 Å². The maximum Gasteiger partial charge on any atom is 0.251 e. The first-order valence-corrected chi connectivity index (χ1v) is 8.35. The van der Waals surface area contributed by atoms with Crippen LogP contribution in [0.1, 0.15) is 35.2 Å². The third-order valence-corrected chi connectivity index (χ3v) is 4.54. The Hall–Kier alpha value is -2.62. The molecule has 0 unspecified atom stereocenters. The molecular formula is C20H22N2O2. The number of carbonyl (C=O) groups excluding carboxylic acids is 2. The first kappa shape index (κ1) is 16.2. The van der Waals surface area contributed by atoms with Gasteiger partial charge in [-0.2, -0.15) is 0 Å². The van der Waals surface area contributed by atoms with Crippen molar-refractivity contribution in [3.8, 4) is 0 Å². The minimum Gasteiger partial charge on any atom is -0.355 e. The molecule has 24 heavy (non-hydrogen) atoms. The van der Waals surface area contributed by atoms with Crippen LogP contribution in [-0.2, 0) is 10.2 Å². The summed E-state index contributed by atoms with van der Waals surface area (Å²) in [7, 11) is 0. The topological polar surface area (TPSA) is 58.2 Å². The number of nitrogens with one attached hydrogen (secondary N) is 2. The third-order valence-electron chi connectivity index (χ3n) is 4.54. The Morgan fingerprint density at radius 3 is 2.12 bits per heavy atom. The van der Waals surface area contributed by atoms with E-state index in [2.05, 4.69) is 22.8 Å². The standard InChI is InChI=1S/C20H22N2O2/c23-18(11-14-21-19(24)16-7-3-1-4-8-16)22-15-20(12-13-20)17-9-5-2-6-10-17/h1-10H,11-15H2,(H,21,24)(H,22,23). The van der Waals surface area contributed by atoms with Crippen LogP contribution in [0.5, 0.6) is 0 Å². The van der Waals surface area contributed by atoms with E-state index in [9.17, 15) is 9.59 Å². The molecule has 0 bridgehead atoms. The Morgan fingerprint density at radius 1 is 0.875 bits per heavy atom. The predicted octanol–water partition coefficient (Wildman–Crippen LogP) is 2.65. The molecule has 124 valence electrons. The second-order valence-electron chi connectivity index (χ2n) is 6.30. The van der Waals surface area contributed by atoms with Crippen LogP contribution in [0.4, 0.5) is 0 Å². The lowest BCUT2D eigenvalue weighted by Crippen LogP contribution is -2.35. The van der Waals surface area contributed by atoms with Crippen molar-refractivity contribution in [2.75, 3.05) is 13.1 Å². The van der Waals surface area contributed by atoms with Crippen molar-refractivity contribution in [2.45, 2.75) is 24.7 Å². The molecule has 4 heteroatoms. The molecule has 0 radical (unpaired) electrons. The molecule has 1 aliphatic rings. The summed E-state index contributed by atoms with van der Waals surface area (Å²) in [5, 5.41) is 5.78. The second kappa shape index (κ2) is 7.30. The molecule has 0 saturated heterocycles. The van der Waals surface area contributed by atoms with Crippen molar-refractivity contribution in [3.05, 3.63) is 71.8 Å². The molecule has 1 saturated carbocycles. The minimum atomic E-state index is -0.147. The fourth-order valence-electron chi connectivity index (χ4n) is 2.85. The zero-order valence-corrected chi connectivity index (χ0v) is 13.6. The van der Waals surface area contributed by atoms with Gasteiger partial charge in [-0.15, -0.1) is 0 Å². The fraction of sp³-hybridized carbons (Fsp3) is 0.300. The van der Waals surface area contributed by atoms with Gasteiger partial charge in [-0.3, -0.25) is 9.59 Å². The van der Waals surface area contributed by atoms with Crippen molar-refractivity contribution >= 4 is 11.8 Å². The van der Waals surface area contributed by atoms with Crippen LogP contribution in [-0.4, -0.2) is 24.9 Å². The van der Waals surface area contributed by atoms with Crippen molar-refractivity contribution in [2.24, 2.45) is 0 Å². The first-order valence-electron chi connectivity index (χ1n) is 8.35. The van der Waals surface area contributed by atoms with E-state index in [0.29, 0.717) is 25.1 Å². The van der Waals surface area contributed by atoms with Crippen molar-refractivity contribution in [3.63, 3.8) is 0 Å². The first-order chi connectivity index (χ1) is 11.7. The number of hydrogen-bond acceptors (Lipinski definition) is 2. The molecule has 2 N–H and O–H groups in total. The summed E-state index contributed by atoms with van der Waals surface area (Å²) in [5.74, 6) is -0.170. The fourth-order valence-corrected chi connectivity index (χ4v) is 2.85. The minimum absolute atomic E-state index is 0.0226. The third kappa shape index (κ3) is 4.02. The van der Waals surface area contributed by atoms with Crippen LogP contribution in [0.25, 0.3) is 0 Å². The lowest BCUT2D eigenvalue weighted by Gasteiger charge is -2.16. The van der Waals surface area contributed by atoms with Crippen LogP contribution >= 0.6 is 0 Å². The van der Waals surface area contributed by atoms with Crippen molar-refractivity contribution in [1.29, 1.82) is 0 Å². The largest absolute Gasteiger partial charge is 0.355 e. The highest BCUT2D eigenvalue weighted by atomic mass is 16.2.